The minimum absolute atomic E-state index is 0.700. The van der Waals surface area contributed by atoms with Gasteiger partial charge in [-0.3, -0.25) is 0 Å². The standard InChI is InChI=1S/C62H36N4S/c1-3-15-37(16-4-1)40-29-41(38-17-5-2-6-18-38)31-44(30-40)58-61-59(50-23-9-12-28-57(50)67-61)64-62(63-58)39-19-13-20-45(32-39)65-53-26-10-8-22-47(53)51-33-42-34-52-49-25-14-24-48-46-21-7-11-27-54(46)66(60(48)49)56(52)36-43(42)35-55(51)65/h1-36H. The summed E-state index contributed by atoms with van der Waals surface area (Å²) in [6.45, 7) is 0. The van der Waals surface area contributed by atoms with Crippen LogP contribution in [0.4, 0.5) is 0 Å². The summed E-state index contributed by atoms with van der Waals surface area (Å²) in [7, 11) is 0. The average Bonchev–Trinajstić information content (AvgIpc) is 4.13. The van der Waals surface area contributed by atoms with E-state index >= 15 is 0 Å². The topological polar surface area (TPSA) is 35.1 Å². The molecule has 5 heterocycles. The van der Waals surface area contributed by atoms with E-state index in [1.807, 2.05) is 0 Å². The lowest BCUT2D eigenvalue weighted by atomic mass is 9.95. The molecule has 67 heavy (non-hydrogen) atoms. The van der Waals surface area contributed by atoms with Crippen LogP contribution in [0.3, 0.4) is 0 Å². The van der Waals surface area contributed by atoms with Gasteiger partial charge < -0.3 is 8.97 Å². The molecular formula is C62H36N4S. The lowest BCUT2D eigenvalue weighted by molar-refractivity contribution is 1.17. The van der Waals surface area contributed by atoms with E-state index in [0.717, 1.165) is 60.3 Å². The Hall–Kier alpha value is -8.64. The summed E-state index contributed by atoms with van der Waals surface area (Å²) in [6.07, 6.45) is 0. The van der Waals surface area contributed by atoms with Gasteiger partial charge in [-0.05, 0) is 106 Å². The molecular weight excluding hydrogens is 833 g/mol. The van der Waals surface area contributed by atoms with Crippen LogP contribution in [0.5, 0.6) is 0 Å². The van der Waals surface area contributed by atoms with Crippen LogP contribution in [0.1, 0.15) is 0 Å². The molecule has 0 spiro atoms. The van der Waals surface area contributed by atoms with Crippen molar-refractivity contribution in [3.05, 3.63) is 218 Å². The second kappa shape index (κ2) is 13.9. The van der Waals surface area contributed by atoms with Crippen LogP contribution >= 0.6 is 11.3 Å². The van der Waals surface area contributed by atoms with Crippen LogP contribution in [0, 0.1) is 0 Å². The summed E-state index contributed by atoms with van der Waals surface area (Å²) in [6, 6.07) is 79.6. The molecule has 0 N–H and O–H groups in total. The number of aromatic nitrogens is 4. The quantitative estimate of drug-likeness (QED) is 0.173. The lowest BCUT2D eigenvalue weighted by Gasteiger charge is -2.13. The molecule has 5 heteroatoms. The van der Waals surface area contributed by atoms with Gasteiger partial charge in [-0.15, -0.1) is 11.3 Å². The Kier molecular flexibility index (Phi) is 7.63. The van der Waals surface area contributed by atoms with E-state index < -0.39 is 0 Å². The van der Waals surface area contributed by atoms with Gasteiger partial charge in [0, 0.05) is 59.2 Å². The van der Waals surface area contributed by atoms with Crippen molar-refractivity contribution in [2.45, 2.75) is 0 Å². The Bertz CT molecular complexity index is 4440. The van der Waals surface area contributed by atoms with Crippen molar-refractivity contribution in [3.8, 4) is 50.6 Å². The highest BCUT2D eigenvalue weighted by molar-refractivity contribution is 7.26. The van der Waals surface area contributed by atoms with Crippen molar-refractivity contribution < 1.29 is 0 Å². The maximum absolute atomic E-state index is 5.57. The number of para-hydroxylation sites is 3. The molecule has 0 amide bonds. The van der Waals surface area contributed by atoms with E-state index in [9.17, 15) is 0 Å². The third-order valence-electron chi connectivity index (χ3n) is 14.0. The largest absolute Gasteiger partial charge is 0.309 e. The number of nitrogens with zero attached hydrogens (tertiary/aromatic N) is 4. The Morgan fingerprint density at radius 2 is 0.896 bits per heavy atom. The van der Waals surface area contributed by atoms with Gasteiger partial charge in [0.15, 0.2) is 5.82 Å². The molecule has 15 rings (SSSR count). The Balaban J connectivity index is 0.950. The smallest absolute Gasteiger partial charge is 0.160 e. The predicted molar refractivity (Wildman–Crippen MR) is 283 cm³/mol. The van der Waals surface area contributed by atoms with Crippen molar-refractivity contribution in [2.75, 3.05) is 0 Å². The first kappa shape index (κ1) is 36.7. The van der Waals surface area contributed by atoms with Gasteiger partial charge in [0.25, 0.3) is 0 Å². The highest BCUT2D eigenvalue weighted by Gasteiger charge is 2.22. The van der Waals surface area contributed by atoms with Crippen LogP contribution in [-0.2, 0) is 0 Å². The summed E-state index contributed by atoms with van der Waals surface area (Å²) < 4.78 is 7.18. The lowest BCUT2D eigenvalue weighted by Crippen LogP contribution is -1.97. The van der Waals surface area contributed by atoms with Crippen molar-refractivity contribution in [1.82, 2.24) is 18.9 Å². The molecule has 0 aliphatic heterocycles. The van der Waals surface area contributed by atoms with Crippen molar-refractivity contribution >= 4 is 102 Å². The molecule has 15 aromatic rings. The Morgan fingerprint density at radius 3 is 1.66 bits per heavy atom. The first-order valence-electron chi connectivity index (χ1n) is 22.8. The normalized spacial score (nSPS) is 12.2. The van der Waals surface area contributed by atoms with Crippen molar-refractivity contribution in [1.29, 1.82) is 0 Å². The first-order chi connectivity index (χ1) is 33.2. The molecule has 0 aliphatic rings. The van der Waals surface area contributed by atoms with Crippen LogP contribution in [0.15, 0.2) is 218 Å². The summed E-state index contributed by atoms with van der Waals surface area (Å²) in [5, 5.41) is 11.2. The Morgan fingerprint density at radius 1 is 0.343 bits per heavy atom. The molecule has 0 radical (unpaired) electrons. The maximum Gasteiger partial charge on any atom is 0.160 e. The highest BCUT2D eigenvalue weighted by atomic mass is 32.1. The second-order valence-corrected chi connectivity index (χ2v) is 18.8. The zero-order chi connectivity index (χ0) is 43.7. The van der Waals surface area contributed by atoms with Crippen LogP contribution < -0.4 is 0 Å². The third kappa shape index (κ3) is 5.40. The van der Waals surface area contributed by atoms with Gasteiger partial charge in [-0.1, -0.05) is 146 Å². The third-order valence-corrected chi connectivity index (χ3v) is 15.1. The molecule has 0 atom stereocenters. The van der Waals surface area contributed by atoms with E-state index in [4.69, 9.17) is 9.97 Å². The maximum atomic E-state index is 5.57. The van der Waals surface area contributed by atoms with Gasteiger partial charge in [-0.25, -0.2) is 9.97 Å². The van der Waals surface area contributed by atoms with E-state index in [2.05, 4.69) is 227 Å². The minimum Gasteiger partial charge on any atom is -0.309 e. The van der Waals surface area contributed by atoms with Gasteiger partial charge >= 0.3 is 0 Å². The number of hydrogen-bond donors (Lipinski definition) is 0. The van der Waals surface area contributed by atoms with E-state index in [-0.39, 0.29) is 0 Å². The SMILES string of the molecule is c1ccc(-c2cc(-c3ccccc3)cc(-c3nc(-c4cccc(-n5c6ccccc6c6cc7cc8c9cccc%10c%11ccccc%11n(c8cc7cc65)c%109)c4)nc4c3sc3ccccc34)c2)cc1. The van der Waals surface area contributed by atoms with E-state index in [1.54, 1.807) is 11.3 Å². The number of hydrogen-bond acceptors (Lipinski definition) is 3. The van der Waals surface area contributed by atoms with E-state index in [0.29, 0.717) is 5.82 Å². The zero-order valence-corrected chi connectivity index (χ0v) is 36.8. The summed E-state index contributed by atoms with van der Waals surface area (Å²) >= 11 is 1.77. The molecule has 5 aromatic heterocycles. The van der Waals surface area contributed by atoms with Crippen LogP contribution in [0.2, 0.25) is 0 Å². The summed E-state index contributed by atoms with van der Waals surface area (Å²) in [5.41, 5.74) is 15.7. The fourth-order valence-electron chi connectivity index (χ4n) is 11.0. The van der Waals surface area contributed by atoms with Gasteiger partial charge in [0.2, 0.25) is 0 Å². The molecule has 310 valence electrons. The van der Waals surface area contributed by atoms with Crippen molar-refractivity contribution in [3.63, 3.8) is 0 Å². The van der Waals surface area contributed by atoms with E-state index in [1.165, 1.54) is 75.5 Å². The summed E-state index contributed by atoms with van der Waals surface area (Å²) in [5.74, 6) is 0.700. The Labute approximate surface area is 388 Å². The molecule has 4 nitrogen and oxygen atoms in total. The monoisotopic (exact) mass is 868 g/mol. The molecule has 0 bridgehead atoms. The summed E-state index contributed by atoms with van der Waals surface area (Å²) in [4.78, 5) is 11.0. The first-order valence-corrected chi connectivity index (χ1v) is 23.6. The number of thiophene rings is 1. The average molecular weight is 869 g/mol. The zero-order valence-electron chi connectivity index (χ0n) is 36.0. The van der Waals surface area contributed by atoms with Gasteiger partial charge in [0.1, 0.15) is 0 Å². The van der Waals surface area contributed by atoms with Gasteiger partial charge in [-0.2, -0.15) is 0 Å². The predicted octanol–water partition coefficient (Wildman–Crippen LogP) is 16.9. The number of rotatable bonds is 5. The highest BCUT2D eigenvalue weighted by Crippen LogP contribution is 2.44. The molecule has 0 fully saturated rings. The molecule has 0 unspecified atom stereocenters. The fourth-order valence-corrected chi connectivity index (χ4v) is 12.1. The van der Waals surface area contributed by atoms with Crippen molar-refractivity contribution in [2.24, 2.45) is 0 Å². The molecule has 10 aromatic carbocycles. The molecule has 0 aliphatic carbocycles. The second-order valence-electron chi connectivity index (χ2n) is 17.7. The number of fused-ring (bicyclic) bond motifs is 13. The van der Waals surface area contributed by atoms with Crippen LogP contribution in [0.25, 0.3) is 142 Å². The minimum atomic E-state index is 0.700. The van der Waals surface area contributed by atoms with Crippen LogP contribution in [-0.4, -0.2) is 18.9 Å². The fraction of sp³-hybridized carbons (Fsp3) is 0. The molecule has 0 saturated carbocycles. The number of benzene rings is 10. The van der Waals surface area contributed by atoms with Gasteiger partial charge in [0.05, 0.1) is 43.5 Å². The molecule has 0 saturated heterocycles.